The van der Waals surface area contributed by atoms with Crippen molar-refractivity contribution in [2.75, 3.05) is 0 Å². The summed E-state index contributed by atoms with van der Waals surface area (Å²) in [5.74, 6) is -2.33. The van der Waals surface area contributed by atoms with E-state index in [4.69, 9.17) is 9.81 Å². The van der Waals surface area contributed by atoms with E-state index in [9.17, 15) is 18.0 Å². The summed E-state index contributed by atoms with van der Waals surface area (Å²) in [5, 5.41) is 6.81. The van der Waals surface area contributed by atoms with E-state index in [1.807, 2.05) is 0 Å². The summed E-state index contributed by atoms with van der Waals surface area (Å²) in [6.07, 6.45) is -1.91. The fourth-order valence-electron chi connectivity index (χ4n) is 1.59. The Labute approximate surface area is 97.8 Å². The van der Waals surface area contributed by atoms with Gasteiger partial charge in [0.2, 0.25) is 5.91 Å². The van der Waals surface area contributed by atoms with Crippen LogP contribution in [0, 0.1) is 5.92 Å². The molecule has 0 saturated carbocycles. The maximum absolute atomic E-state index is 11.6. The zero-order valence-electron chi connectivity index (χ0n) is 9.23. The van der Waals surface area contributed by atoms with Gasteiger partial charge in [0, 0.05) is 5.92 Å². The Morgan fingerprint density at radius 1 is 1.41 bits per heavy atom. The van der Waals surface area contributed by atoms with Gasteiger partial charge in [-0.15, -0.1) is 0 Å². The Bertz CT molecular complexity index is 429. The van der Waals surface area contributed by atoms with Crippen molar-refractivity contribution in [3.63, 3.8) is 0 Å². The van der Waals surface area contributed by atoms with Crippen molar-refractivity contribution in [1.29, 1.82) is 0 Å². The molecular weight excluding hydrogens is 254 g/mol. The standard InChI is InChI=1S/C8H13NO7S/c1-4(2)8(16-12)9-6(10)3-5(7(9)11)17(13,14)15/h4-5,8,12H,3H2,1-2H3,(H,13,14,15). The highest BCUT2D eigenvalue weighted by atomic mass is 32.2. The second-order valence-corrected chi connectivity index (χ2v) is 5.65. The van der Waals surface area contributed by atoms with Crippen molar-refractivity contribution in [2.45, 2.75) is 31.7 Å². The predicted molar refractivity (Wildman–Crippen MR) is 54.1 cm³/mol. The van der Waals surface area contributed by atoms with Crippen LogP contribution >= 0.6 is 0 Å². The molecule has 2 amide bonds. The lowest BCUT2D eigenvalue weighted by molar-refractivity contribution is -0.314. The van der Waals surface area contributed by atoms with Gasteiger partial charge in [-0.2, -0.15) is 8.42 Å². The number of hydrogen-bond acceptors (Lipinski definition) is 6. The summed E-state index contributed by atoms with van der Waals surface area (Å²) >= 11 is 0. The van der Waals surface area contributed by atoms with Gasteiger partial charge < -0.3 is 0 Å². The van der Waals surface area contributed by atoms with Crippen LogP contribution in [0.15, 0.2) is 0 Å². The fraction of sp³-hybridized carbons (Fsp3) is 0.750. The highest BCUT2D eigenvalue weighted by molar-refractivity contribution is 7.87. The van der Waals surface area contributed by atoms with Gasteiger partial charge in [0.05, 0.1) is 6.42 Å². The quantitative estimate of drug-likeness (QED) is 0.304. The first kappa shape index (κ1) is 14.0. The Morgan fingerprint density at radius 3 is 2.24 bits per heavy atom. The number of carbonyl (C=O) groups is 2. The SMILES string of the molecule is CC(C)C(OO)N1C(=O)CC(S(=O)(=O)O)C1=O. The summed E-state index contributed by atoms with van der Waals surface area (Å²) in [6, 6.07) is 0. The van der Waals surface area contributed by atoms with Gasteiger partial charge in [0.15, 0.2) is 11.5 Å². The molecule has 0 aliphatic carbocycles. The van der Waals surface area contributed by atoms with Crippen LogP contribution in [-0.4, -0.2) is 46.4 Å². The van der Waals surface area contributed by atoms with Crippen LogP contribution in [0.3, 0.4) is 0 Å². The Kier molecular flexibility index (Phi) is 3.87. The lowest BCUT2D eigenvalue weighted by Crippen LogP contribution is -2.46. The molecule has 17 heavy (non-hydrogen) atoms. The predicted octanol–water partition coefficient (Wildman–Crippen LogP) is -0.527. The van der Waals surface area contributed by atoms with Crippen LogP contribution < -0.4 is 0 Å². The molecule has 0 aromatic rings. The van der Waals surface area contributed by atoms with Gasteiger partial charge in [-0.3, -0.25) is 19.0 Å². The number of imide groups is 1. The molecule has 2 atom stereocenters. The zero-order chi connectivity index (χ0) is 13.4. The normalized spacial score (nSPS) is 23.6. The third-order valence-electron chi connectivity index (χ3n) is 2.43. The molecule has 1 rings (SSSR count). The number of nitrogens with zero attached hydrogens (tertiary/aromatic N) is 1. The van der Waals surface area contributed by atoms with Crippen molar-refractivity contribution in [2.24, 2.45) is 5.92 Å². The van der Waals surface area contributed by atoms with E-state index < -0.39 is 45.7 Å². The van der Waals surface area contributed by atoms with Crippen LogP contribution in [0.2, 0.25) is 0 Å². The van der Waals surface area contributed by atoms with Gasteiger partial charge in [-0.1, -0.05) is 13.8 Å². The molecule has 2 unspecified atom stereocenters. The number of rotatable bonds is 4. The van der Waals surface area contributed by atoms with E-state index >= 15 is 0 Å². The lowest BCUT2D eigenvalue weighted by Gasteiger charge is -2.26. The van der Waals surface area contributed by atoms with Crippen LogP contribution in [0.5, 0.6) is 0 Å². The second kappa shape index (κ2) is 4.69. The third-order valence-corrected chi connectivity index (χ3v) is 3.52. The number of hydrogen-bond donors (Lipinski definition) is 2. The van der Waals surface area contributed by atoms with E-state index in [1.54, 1.807) is 13.8 Å². The van der Waals surface area contributed by atoms with Crippen LogP contribution in [0.25, 0.3) is 0 Å². The number of likely N-dealkylation sites (tertiary alicyclic amines) is 1. The van der Waals surface area contributed by atoms with Gasteiger partial charge in [0.1, 0.15) is 0 Å². The topological polar surface area (TPSA) is 121 Å². The van der Waals surface area contributed by atoms with E-state index in [1.165, 1.54) is 0 Å². The van der Waals surface area contributed by atoms with Gasteiger partial charge in [-0.25, -0.2) is 10.1 Å². The monoisotopic (exact) mass is 267 g/mol. The first-order valence-electron chi connectivity index (χ1n) is 4.82. The summed E-state index contributed by atoms with van der Waals surface area (Å²) in [4.78, 5) is 27.6. The van der Waals surface area contributed by atoms with Crippen molar-refractivity contribution in [3.05, 3.63) is 0 Å². The van der Waals surface area contributed by atoms with E-state index in [2.05, 4.69) is 4.89 Å². The van der Waals surface area contributed by atoms with Crippen molar-refractivity contribution >= 4 is 21.9 Å². The van der Waals surface area contributed by atoms with Gasteiger partial charge in [0.25, 0.3) is 16.0 Å². The highest BCUT2D eigenvalue weighted by Gasteiger charge is 2.49. The molecular formula is C8H13NO7S. The van der Waals surface area contributed by atoms with Crippen molar-refractivity contribution < 1.29 is 32.7 Å². The lowest BCUT2D eigenvalue weighted by atomic mass is 10.2. The van der Waals surface area contributed by atoms with Crippen LogP contribution in [0.1, 0.15) is 20.3 Å². The molecule has 1 fully saturated rings. The molecule has 8 nitrogen and oxygen atoms in total. The molecule has 1 aliphatic heterocycles. The van der Waals surface area contributed by atoms with Crippen molar-refractivity contribution in [1.82, 2.24) is 4.90 Å². The molecule has 0 bridgehead atoms. The van der Waals surface area contributed by atoms with E-state index in [-0.39, 0.29) is 0 Å². The minimum Gasteiger partial charge on any atom is -0.285 e. The average Bonchev–Trinajstić information content (AvgIpc) is 2.45. The molecule has 1 aliphatic rings. The molecule has 0 aromatic heterocycles. The fourth-order valence-corrected chi connectivity index (χ4v) is 2.31. The molecule has 0 aromatic carbocycles. The minimum atomic E-state index is -4.63. The summed E-state index contributed by atoms with van der Waals surface area (Å²) in [5.41, 5.74) is 0. The smallest absolute Gasteiger partial charge is 0.277 e. The summed E-state index contributed by atoms with van der Waals surface area (Å²) in [6.45, 7) is 3.14. The van der Waals surface area contributed by atoms with Gasteiger partial charge in [-0.05, 0) is 0 Å². The average molecular weight is 267 g/mol. The summed E-state index contributed by atoms with van der Waals surface area (Å²) < 4.78 is 30.5. The summed E-state index contributed by atoms with van der Waals surface area (Å²) in [7, 11) is -4.63. The van der Waals surface area contributed by atoms with Crippen LogP contribution in [0.4, 0.5) is 0 Å². The molecule has 2 N–H and O–H groups in total. The second-order valence-electron chi connectivity index (χ2n) is 4.05. The number of carbonyl (C=O) groups excluding carboxylic acids is 2. The largest absolute Gasteiger partial charge is 0.285 e. The first-order chi connectivity index (χ1) is 7.70. The Balaban J connectivity index is 3.05. The first-order valence-corrected chi connectivity index (χ1v) is 6.33. The third kappa shape index (κ3) is 2.63. The van der Waals surface area contributed by atoms with Crippen molar-refractivity contribution in [3.8, 4) is 0 Å². The number of amides is 2. The maximum Gasteiger partial charge on any atom is 0.277 e. The molecule has 0 spiro atoms. The zero-order valence-corrected chi connectivity index (χ0v) is 10.0. The van der Waals surface area contributed by atoms with Gasteiger partial charge >= 0.3 is 0 Å². The maximum atomic E-state index is 11.6. The van der Waals surface area contributed by atoms with Crippen LogP contribution in [-0.2, 0) is 24.6 Å². The molecule has 1 heterocycles. The molecule has 1 saturated heterocycles. The molecule has 0 radical (unpaired) electrons. The Morgan fingerprint density at radius 2 is 1.94 bits per heavy atom. The highest BCUT2D eigenvalue weighted by Crippen LogP contribution is 2.24. The molecule has 98 valence electrons. The Hall–Kier alpha value is -1.03. The molecule has 9 heteroatoms. The van der Waals surface area contributed by atoms with E-state index in [0.717, 1.165) is 0 Å². The minimum absolute atomic E-state index is 0.423. The van der Waals surface area contributed by atoms with E-state index in [0.29, 0.717) is 4.90 Å².